The van der Waals surface area contributed by atoms with Gasteiger partial charge in [0.1, 0.15) is 5.75 Å². The number of benzene rings is 2. The van der Waals surface area contributed by atoms with Crippen molar-refractivity contribution in [1.82, 2.24) is 0 Å². The van der Waals surface area contributed by atoms with Crippen LogP contribution in [0.1, 0.15) is 11.1 Å². The molecule has 0 aliphatic heterocycles. The zero-order valence-electron chi connectivity index (χ0n) is 15.1. The molecule has 0 radical (unpaired) electrons. The predicted octanol–water partition coefficient (Wildman–Crippen LogP) is 3.21. The van der Waals surface area contributed by atoms with Gasteiger partial charge in [-0.15, -0.1) is 0 Å². The van der Waals surface area contributed by atoms with Crippen molar-refractivity contribution in [3.63, 3.8) is 0 Å². The van der Waals surface area contributed by atoms with Crippen LogP contribution in [0.25, 0.3) is 0 Å². The minimum absolute atomic E-state index is 0.0359. The van der Waals surface area contributed by atoms with Crippen LogP contribution in [0.3, 0.4) is 0 Å². The molecule has 0 unspecified atom stereocenters. The fourth-order valence-electron chi connectivity index (χ4n) is 2.19. The van der Waals surface area contributed by atoms with Crippen LogP contribution in [0.4, 0.5) is 5.69 Å². The average Bonchev–Trinajstić information content (AvgIpc) is 2.64. The van der Waals surface area contributed by atoms with Crippen LogP contribution in [0.15, 0.2) is 58.5 Å². The van der Waals surface area contributed by atoms with E-state index in [1.165, 1.54) is 12.1 Å². The molecule has 2 aromatic rings. The molecular formula is C19H21NO5S. The van der Waals surface area contributed by atoms with Crippen LogP contribution in [0.2, 0.25) is 0 Å². The number of aryl methyl sites for hydroxylation is 2. The van der Waals surface area contributed by atoms with E-state index in [4.69, 9.17) is 4.74 Å². The van der Waals surface area contributed by atoms with Gasteiger partial charge in [-0.05, 0) is 61.4 Å². The summed E-state index contributed by atoms with van der Waals surface area (Å²) in [5.74, 6) is -0.278. The van der Waals surface area contributed by atoms with E-state index in [0.29, 0.717) is 11.4 Å². The van der Waals surface area contributed by atoms with Gasteiger partial charge in [-0.2, -0.15) is 0 Å². The van der Waals surface area contributed by atoms with E-state index in [1.807, 2.05) is 13.8 Å². The first-order chi connectivity index (χ1) is 12.3. The molecule has 6 nitrogen and oxygen atoms in total. The maximum Gasteiger partial charge on any atom is 0.351 e. The fourth-order valence-corrected chi connectivity index (χ4v) is 3.54. The van der Waals surface area contributed by atoms with Crippen LogP contribution in [0, 0.1) is 13.8 Å². The molecule has 0 aromatic heterocycles. The fraction of sp³-hybridized carbons (Fsp3) is 0.211. The van der Waals surface area contributed by atoms with Gasteiger partial charge in [0.05, 0.1) is 19.1 Å². The number of rotatable bonds is 6. The van der Waals surface area contributed by atoms with E-state index < -0.39 is 20.7 Å². The molecule has 7 heteroatoms. The number of carbonyl (C=O) groups is 1. The van der Waals surface area contributed by atoms with Gasteiger partial charge in [0.15, 0.2) is 4.91 Å². The predicted molar refractivity (Wildman–Crippen MR) is 99.8 cm³/mol. The zero-order valence-corrected chi connectivity index (χ0v) is 15.9. The van der Waals surface area contributed by atoms with Gasteiger partial charge >= 0.3 is 5.97 Å². The number of carbonyl (C=O) groups excluding carboxylic acids is 1. The Kier molecular flexibility index (Phi) is 6.05. The number of hydrogen-bond donors (Lipinski definition) is 1. The van der Waals surface area contributed by atoms with E-state index >= 15 is 0 Å². The summed E-state index contributed by atoms with van der Waals surface area (Å²) in [5.41, 5.74) is 2.38. The molecule has 0 bridgehead atoms. The summed E-state index contributed by atoms with van der Waals surface area (Å²) in [7, 11) is -1.35. The van der Waals surface area contributed by atoms with E-state index in [-0.39, 0.29) is 4.90 Å². The molecule has 0 saturated carbocycles. The highest BCUT2D eigenvalue weighted by molar-refractivity contribution is 7.96. The highest BCUT2D eigenvalue weighted by Gasteiger charge is 2.28. The van der Waals surface area contributed by atoms with Gasteiger partial charge in [-0.25, -0.2) is 13.2 Å². The largest absolute Gasteiger partial charge is 0.497 e. The molecule has 0 atom stereocenters. The summed E-state index contributed by atoms with van der Waals surface area (Å²) in [4.78, 5) is 11.6. The van der Waals surface area contributed by atoms with Crippen LogP contribution >= 0.6 is 0 Å². The van der Waals surface area contributed by atoms with Crippen LogP contribution in [-0.2, 0) is 19.4 Å². The van der Waals surface area contributed by atoms with E-state index in [2.05, 4.69) is 10.1 Å². The summed E-state index contributed by atoms with van der Waals surface area (Å²) in [5, 5.41) is 2.82. The lowest BCUT2D eigenvalue weighted by atomic mass is 10.1. The van der Waals surface area contributed by atoms with Crippen LogP contribution < -0.4 is 10.1 Å². The zero-order chi connectivity index (χ0) is 19.3. The Balaban J connectivity index is 2.41. The van der Waals surface area contributed by atoms with Crippen molar-refractivity contribution in [2.75, 3.05) is 19.5 Å². The summed E-state index contributed by atoms with van der Waals surface area (Å²) in [6, 6.07) is 11.5. The second-order valence-electron chi connectivity index (χ2n) is 5.62. The summed E-state index contributed by atoms with van der Waals surface area (Å²) in [6.45, 7) is 3.69. The number of ether oxygens (including phenoxy) is 2. The first kappa shape index (κ1) is 19.5. The number of esters is 1. The summed E-state index contributed by atoms with van der Waals surface area (Å²) < 4.78 is 35.5. The Morgan fingerprint density at radius 3 is 2.19 bits per heavy atom. The molecule has 0 spiro atoms. The third-order valence-corrected chi connectivity index (χ3v) is 5.66. The van der Waals surface area contributed by atoms with Crippen LogP contribution in [0.5, 0.6) is 5.75 Å². The molecule has 2 aromatic carbocycles. The molecule has 0 fully saturated rings. The minimum atomic E-state index is -4.04. The highest BCUT2D eigenvalue weighted by atomic mass is 32.2. The standard InChI is InChI=1S/C19H21NO5S/c1-13-5-10-17(11-14(13)2)26(22,23)18(19(21)25-4)12-20-15-6-8-16(24-3)9-7-15/h5-12,20H,1-4H3/b18-12+. The normalized spacial score (nSPS) is 11.8. The maximum absolute atomic E-state index is 12.9. The van der Waals surface area contributed by atoms with Gasteiger partial charge < -0.3 is 14.8 Å². The van der Waals surface area contributed by atoms with E-state index in [1.54, 1.807) is 37.4 Å². The Labute approximate surface area is 153 Å². The quantitative estimate of drug-likeness (QED) is 0.617. The first-order valence-corrected chi connectivity index (χ1v) is 9.29. The van der Waals surface area contributed by atoms with Crippen molar-refractivity contribution in [2.24, 2.45) is 0 Å². The molecule has 0 aliphatic carbocycles. The number of hydrogen-bond acceptors (Lipinski definition) is 6. The molecule has 2 rings (SSSR count). The Morgan fingerprint density at radius 1 is 1.00 bits per heavy atom. The molecule has 0 aliphatic rings. The molecule has 0 amide bonds. The van der Waals surface area contributed by atoms with Crippen molar-refractivity contribution in [1.29, 1.82) is 0 Å². The minimum Gasteiger partial charge on any atom is -0.497 e. The third-order valence-electron chi connectivity index (χ3n) is 3.92. The van der Waals surface area contributed by atoms with Crippen molar-refractivity contribution in [3.05, 3.63) is 64.7 Å². The average molecular weight is 375 g/mol. The number of anilines is 1. The van der Waals surface area contributed by atoms with Crippen molar-refractivity contribution >= 4 is 21.5 Å². The molecule has 1 N–H and O–H groups in total. The van der Waals surface area contributed by atoms with E-state index in [0.717, 1.165) is 24.4 Å². The van der Waals surface area contributed by atoms with Crippen molar-refractivity contribution in [3.8, 4) is 5.75 Å². The van der Waals surface area contributed by atoms with Gasteiger partial charge in [0, 0.05) is 11.9 Å². The van der Waals surface area contributed by atoms with Gasteiger partial charge in [0.2, 0.25) is 9.84 Å². The van der Waals surface area contributed by atoms with Crippen molar-refractivity contribution in [2.45, 2.75) is 18.7 Å². The maximum atomic E-state index is 12.9. The third kappa shape index (κ3) is 4.23. The first-order valence-electron chi connectivity index (χ1n) is 7.81. The second-order valence-corrected chi connectivity index (χ2v) is 7.54. The SMILES string of the molecule is COC(=O)/C(=C\Nc1ccc(OC)cc1)S(=O)(=O)c1ccc(C)c(C)c1. The summed E-state index contributed by atoms with van der Waals surface area (Å²) >= 11 is 0. The molecule has 0 saturated heterocycles. The second kappa shape index (κ2) is 8.05. The Hall–Kier alpha value is -2.80. The van der Waals surface area contributed by atoms with Gasteiger partial charge in [0.25, 0.3) is 0 Å². The monoisotopic (exact) mass is 375 g/mol. The van der Waals surface area contributed by atoms with E-state index in [9.17, 15) is 13.2 Å². The molecule has 138 valence electrons. The topological polar surface area (TPSA) is 81.7 Å². The highest BCUT2D eigenvalue weighted by Crippen LogP contribution is 2.23. The number of methoxy groups -OCH3 is 2. The lowest BCUT2D eigenvalue weighted by Gasteiger charge is -2.10. The molecule has 26 heavy (non-hydrogen) atoms. The Morgan fingerprint density at radius 2 is 1.65 bits per heavy atom. The lowest BCUT2D eigenvalue weighted by molar-refractivity contribution is -0.135. The Bertz CT molecular complexity index is 931. The number of nitrogens with one attached hydrogen (secondary N) is 1. The lowest BCUT2D eigenvalue weighted by Crippen LogP contribution is -2.17. The smallest absolute Gasteiger partial charge is 0.351 e. The van der Waals surface area contributed by atoms with Gasteiger partial charge in [-0.1, -0.05) is 6.07 Å². The van der Waals surface area contributed by atoms with Gasteiger partial charge in [-0.3, -0.25) is 0 Å². The molecule has 0 heterocycles. The summed E-state index contributed by atoms with van der Waals surface area (Å²) in [6.07, 6.45) is 1.14. The molecular weight excluding hydrogens is 354 g/mol. The van der Waals surface area contributed by atoms with Crippen molar-refractivity contribution < 1.29 is 22.7 Å². The van der Waals surface area contributed by atoms with Crippen LogP contribution in [-0.4, -0.2) is 28.6 Å². The number of sulfone groups is 1.